The third kappa shape index (κ3) is 2.49. The molecule has 0 saturated heterocycles. The lowest BCUT2D eigenvalue weighted by Crippen LogP contribution is -2.34. The fourth-order valence-electron chi connectivity index (χ4n) is 2.91. The van der Waals surface area contributed by atoms with Crippen molar-refractivity contribution in [1.82, 2.24) is 4.90 Å². The highest BCUT2D eigenvalue weighted by atomic mass is 15.2. The summed E-state index contributed by atoms with van der Waals surface area (Å²) in [5, 5.41) is 8.78. The van der Waals surface area contributed by atoms with Crippen molar-refractivity contribution in [2.45, 2.75) is 45.2 Å². The number of benzene rings is 1. The molecule has 1 unspecified atom stereocenters. The van der Waals surface area contributed by atoms with E-state index in [0.717, 1.165) is 25.1 Å². The molecule has 0 radical (unpaired) electrons. The second kappa shape index (κ2) is 5.41. The van der Waals surface area contributed by atoms with Gasteiger partial charge in [0.1, 0.15) is 0 Å². The molecule has 0 amide bonds. The summed E-state index contributed by atoms with van der Waals surface area (Å²) in [6, 6.07) is 9.40. The molecule has 3 nitrogen and oxygen atoms in total. The molecule has 1 atom stereocenters. The van der Waals surface area contributed by atoms with Gasteiger partial charge in [-0.05, 0) is 49.9 Å². The lowest BCUT2D eigenvalue weighted by atomic mass is 10.0. The number of anilines is 1. The maximum Gasteiger partial charge on any atom is 0.0635 e. The molecule has 18 heavy (non-hydrogen) atoms. The Labute approximate surface area is 109 Å². The molecule has 0 aromatic heterocycles. The predicted octanol–water partition coefficient (Wildman–Crippen LogP) is 2.88. The number of nitriles is 1. The van der Waals surface area contributed by atoms with Gasteiger partial charge < -0.3 is 5.73 Å². The molecule has 1 aromatic carbocycles. The topological polar surface area (TPSA) is 53.0 Å². The maximum absolute atomic E-state index is 8.78. The number of hydrogen-bond donors (Lipinski definition) is 1. The van der Waals surface area contributed by atoms with Crippen LogP contribution in [0.3, 0.4) is 0 Å². The minimum atomic E-state index is 0.453. The maximum atomic E-state index is 8.78. The van der Waals surface area contributed by atoms with Gasteiger partial charge in [-0.3, -0.25) is 4.90 Å². The smallest absolute Gasteiger partial charge is 0.0635 e. The van der Waals surface area contributed by atoms with E-state index in [9.17, 15) is 0 Å². The molecule has 1 aromatic rings. The van der Waals surface area contributed by atoms with Gasteiger partial charge >= 0.3 is 0 Å². The first-order valence-corrected chi connectivity index (χ1v) is 6.64. The summed E-state index contributed by atoms with van der Waals surface area (Å²) in [5.41, 5.74) is 9.46. The number of nitrogens with zero attached hydrogens (tertiary/aromatic N) is 2. The predicted molar refractivity (Wildman–Crippen MR) is 74.0 cm³/mol. The van der Waals surface area contributed by atoms with Crippen LogP contribution < -0.4 is 5.73 Å². The quantitative estimate of drug-likeness (QED) is 0.827. The van der Waals surface area contributed by atoms with Gasteiger partial charge in [0.2, 0.25) is 0 Å². The first-order valence-electron chi connectivity index (χ1n) is 6.64. The Morgan fingerprint density at radius 2 is 2.28 bits per heavy atom. The van der Waals surface area contributed by atoms with Crippen molar-refractivity contribution in [3.05, 3.63) is 29.3 Å². The zero-order valence-electron chi connectivity index (χ0n) is 11.2. The summed E-state index contributed by atoms with van der Waals surface area (Å²) < 4.78 is 0. The third-order valence-electron chi connectivity index (χ3n) is 3.76. The van der Waals surface area contributed by atoms with Gasteiger partial charge in [0.25, 0.3) is 0 Å². The molecule has 3 heteroatoms. The van der Waals surface area contributed by atoms with Crippen LogP contribution in [0.4, 0.5) is 5.69 Å². The van der Waals surface area contributed by atoms with Crippen molar-refractivity contribution in [2.75, 3.05) is 12.3 Å². The van der Waals surface area contributed by atoms with Crippen LogP contribution in [0.25, 0.3) is 0 Å². The fraction of sp³-hybridized carbons (Fsp3) is 0.533. The molecule has 1 aliphatic rings. The Hall–Kier alpha value is -1.53. The van der Waals surface area contributed by atoms with Crippen molar-refractivity contribution in [1.29, 1.82) is 5.26 Å². The first-order chi connectivity index (χ1) is 8.63. The lowest BCUT2D eigenvalue weighted by molar-refractivity contribution is 0.156. The van der Waals surface area contributed by atoms with Crippen molar-refractivity contribution < 1.29 is 0 Å². The van der Waals surface area contributed by atoms with E-state index in [1.165, 1.54) is 11.1 Å². The molecular weight excluding hydrogens is 222 g/mol. The Kier molecular flexibility index (Phi) is 3.88. The van der Waals surface area contributed by atoms with Crippen LogP contribution in [0.1, 0.15) is 43.9 Å². The van der Waals surface area contributed by atoms with E-state index in [4.69, 9.17) is 11.0 Å². The van der Waals surface area contributed by atoms with Gasteiger partial charge in [0.05, 0.1) is 6.07 Å². The summed E-state index contributed by atoms with van der Waals surface area (Å²) in [6.45, 7) is 5.25. The zero-order chi connectivity index (χ0) is 13.1. The van der Waals surface area contributed by atoms with Crippen molar-refractivity contribution >= 4 is 5.69 Å². The minimum Gasteiger partial charge on any atom is -0.399 e. The van der Waals surface area contributed by atoms with E-state index in [0.29, 0.717) is 18.5 Å². The van der Waals surface area contributed by atoms with Crippen LogP contribution in [-0.4, -0.2) is 17.5 Å². The zero-order valence-corrected chi connectivity index (χ0v) is 11.2. The monoisotopic (exact) mass is 243 g/mol. The molecule has 2 N–H and O–H groups in total. The van der Waals surface area contributed by atoms with E-state index < -0.39 is 0 Å². The van der Waals surface area contributed by atoms with Crippen molar-refractivity contribution in [3.63, 3.8) is 0 Å². The summed E-state index contributed by atoms with van der Waals surface area (Å²) in [4.78, 5) is 2.44. The van der Waals surface area contributed by atoms with Gasteiger partial charge in [-0.2, -0.15) is 5.26 Å². The number of nitrogen functional groups attached to an aromatic ring is 1. The summed E-state index contributed by atoms with van der Waals surface area (Å²) in [6.07, 6.45) is 2.84. The standard InChI is InChI=1S/C15H21N3/c1-11(2)18(9-3-8-16)15-7-4-12-10-13(17)5-6-14(12)15/h5-6,10-11,15H,3-4,7,9,17H2,1-2H3. The number of fused-ring (bicyclic) bond motifs is 1. The Balaban J connectivity index is 2.22. The van der Waals surface area contributed by atoms with E-state index in [1.54, 1.807) is 0 Å². The van der Waals surface area contributed by atoms with Crippen molar-refractivity contribution in [3.8, 4) is 6.07 Å². The van der Waals surface area contributed by atoms with Crippen LogP contribution in [-0.2, 0) is 6.42 Å². The van der Waals surface area contributed by atoms with Gasteiger partial charge in [-0.1, -0.05) is 6.07 Å². The average molecular weight is 243 g/mol. The molecule has 1 aliphatic carbocycles. The van der Waals surface area contributed by atoms with Crippen LogP contribution in [0.5, 0.6) is 0 Å². The third-order valence-corrected chi connectivity index (χ3v) is 3.76. The molecule has 0 heterocycles. The molecule has 96 valence electrons. The second-order valence-corrected chi connectivity index (χ2v) is 5.25. The van der Waals surface area contributed by atoms with Gasteiger partial charge in [-0.25, -0.2) is 0 Å². The van der Waals surface area contributed by atoms with E-state index >= 15 is 0 Å². The normalized spacial score (nSPS) is 18.1. The summed E-state index contributed by atoms with van der Waals surface area (Å²) >= 11 is 0. The molecular formula is C15H21N3. The van der Waals surface area contributed by atoms with E-state index in [-0.39, 0.29) is 0 Å². The highest BCUT2D eigenvalue weighted by molar-refractivity contribution is 5.47. The largest absolute Gasteiger partial charge is 0.399 e. The van der Waals surface area contributed by atoms with Crippen LogP contribution in [0.15, 0.2) is 18.2 Å². The fourth-order valence-corrected chi connectivity index (χ4v) is 2.91. The first kappa shape index (κ1) is 12.9. The van der Waals surface area contributed by atoms with Crippen LogP contribution in [0.2, 0.25) is 0 Å². The Bertz CT molecular complexity index is 459. The highest BCUT2D eigenvalue weighted by Gasteiger charge is 2.29. The highest BCUT2D eigenvalue weighted by Crippen LogP contribution is 2.37. The summed E-state index contributed by atoms with van der Waals surface area (Å²) in [5.74, 6) is 0. The van der Waals surface area contributed by atoms with Crippen molar-refractivity contribution in [2.24, 2.45) is 0 Å². The second-order valence-electron chi connectivity index (χ2n) is 5.25. The Morgan fingerprint density at radius 1 is 1.50 bits per heavy atom. The molecule has 0 bridgehead atoms. The van der Waals surface area contributed by atoms with Gasteiger partial charge in [-0.15, -0.1) is 0 Å². The van der Waals surface area contributed by atoms with E-state index in [1.807, 2.05) is 6.07 Å². The molecule has 2 rings (SSSR count). The number of aryl methyl sites for hydroxylation is 1. The number of hydrogen-bond acceptors (Lipinski definition) is 3. The van der Waals surface area contributed by atoms with Gasteiger partial charge in [0.15, 0.2) is 0 Å². The van der Waals surface area contributed by atoms with Crippen LogP contribution >= 0.6 is 0 Å². The average Bonchev–Trinajstić information content (AvgIpc) is 2.72. The molecule has 0 fully saturated rings. The number of rotatable bonds is 4. The van der Waals surface area contributed by atoms with E-state index in [2.05, 4.69) is 36.9 Å². The minimum absolute atomic E-state index is 0.453. The lowest BCUT2D eigenvalue weighted by Gasteiger charge is -2.32. The van der Waals surface area contributed by atoms with Crippen LogP contribution in [0, 0.1) is 11.3 Å². The Morgan fingerprint density at radius 3 is 2.94 bits per heavy atom. The summed E-state index contributed by atoms with van der Waals surface area (Å²) in [7, 11) is 0. The SMILES string of the molecule is CC(C)N(CCC#N)C1CCc2cc(N)ccc21. The number of nitrogens with two attached hydrogens (primary N) is 1. The molecule has 0 saturated carbocycles. The molecule has 0 spiro atoms. The van der Waals surface area contributed by atoms with Gasteiger partial charge in [0, 0.05) is 30.7 Å². The molecule has 0 aliphatic heterocycles.